The average Bonchev–Trinajstić information content (AvgIpc) is 2.65. The zero-order valence-electron chi connectivity index (χ0n) is 15.7. The second kappa shape index (κ2) is 8.77. The summed E-state index contributed by atoms with van der Waals surface area (Å²) in [5.74, 6) is 3.39. The lowest BCUT2D eigenvalue weighted by atomic mass is 9.96. The molecule has 0 aliphatic heterocycles. The van der Waals surface area contributed by atoms with Crippen LogP contribution in [-0.2, 0) is 14.8 Å². The second-order valence-corrected chi connectivity index (χ2v) is 7.93. The standard InChI is InChI=1S/C20H21N3O5S/c1-2-13(20(25)26)5-3-4-12-10-16(18(21)17(11-12)19(22)24)14-6-8-15(9-7-14)29(23,27)28/h6-11,13H,2,5,21H2,1H3,(H2,22,24)(H,25,26)(H2,23,27,28). The van der Waals surface area contributed by atoms with E-state index in [1.807, 2.05) is 0 Å². The van der Waals surface area contributed by atoms with Gasteiger partial charge in [0.05, 0.1) is 22.1 Å². The van der Waals surface area contributed by atoms with Gasteiger partial charge in [-0.3, -0.25) is 9.59 Å². The van der Waals surface area contributed by atoms with E-state index >= 15 is 0 Å². The number of sulfonamides is 1. The summed E-state index contributed by atoms with van der Waals surface area (Å²) < 4.78 is 22.8. The van der Waals surface area contributed by atoms with Gasteiger partial charge < -0.3 is 16.6 Å². The van der Waals surface area contributed by atoms with Gasteiger partial charge in [-0.1, -0.05) is 30.9 Å². The Bertz CT molecular complexity index is 1110. The number of amides is 1. The van der Waals surface area contributed by atoms with E-state index in [4.69, 9.17) is 21.7 Å². The third kappa shape index (κ3) is 5.34. The van der Waals surface area contributed by atoms with Gasteiger partial charge in [0.15, 0.2) is 0 Å². The van der Waals surface area contributed by atoms with Crippen LogP contribution in [0, 0.1) is 17.8 Å². The number of carboxylic acid groups (broad SMARTS) is 1. The quantitative estimate of drug-likeness (QED) is 0.412. The molecule has 0 saturated carbocycles. The smallest absolute Gasteiger partial charge is 0.307 e. The highest BCUT2D eigenvalue weighted by Gasteiger charge is 2.15. The van der Waals surface area contributed by atoms with Gasteiger partial charge in [-0.2, -0.15) is 0 Å². The van der Waals surface area contributed by atoms with Crippen LogP contribution in [0.15, 0.2) is 41.3 Å². The molecule has 0 aliphatic carbocycles. The first-order valence-electron chi connectivity index (χ1n) is 8.62. The van der Waals surface area contributed by atoms with Crippen molar-refractivity contribution in [2.45, 2.75) is 24.7 Å². The lowest BCUT2D eigenvalue weighted by Crippen LogP contribution is -2.14. The van der Waals surface area contributed by atoms with Crippen molar-refractivity contribution in [1.82, 2.24) is 0 Å². The summed E-state index contributed by atoms with van der Waals surface area (Å²) in [6.45, 7) is 1.76. The van der Waals surface area contributed by atoms with E-state index < -0.39 is 27.8 Å². The van der Waals surface area contributed by atoms with Crippen LogP contribution in [-0.4, -0.2) is 25.4 Å². The van der Waals surface area contributed by atoms with E-state index in [1.165, 1.54) is 30.3 Å². The van der Waals surface area contributed by atoms with Crippen molar-refractivity contribution >= 4 is 27.6 Å². The third-order valence-corrected chi connectivity index (χ3v) is 5.29. The van der Waals surface area contributed by atoms with Gasteiger partial charge in [-0.15, -0.1) is 0 Å². The number of primary amides is 1. The van der Waals surface area contributed by atoms with Crippen molar-refractivity contribution < 1.29 is 23.1 Å². The van der Waals surface area contributed by atoms with E-state index in [1.54, 1.807) is 13.0 Å². The van der Waals surface area contributed by atoms with Crippen molar-refractivity contribution in [2.75, 3.05) is 5.73 Å². The van der Waals surface area contributed by atoms with Crippen molar-refractivity contribution in [3.63, 3.8) is 0 Å². The summed E-state index contributed by atoms with van der Waals surface area (Å²) in [6.07, 6.45) is 0.598. The van der Waals surface area contributed by atoms with Gasteiger partial charge >= 0.3 is 5.97 Å². The molecular formula is C20H21N3O5S. The minimum atomic E-state index is -3.85. The maximum atomic E-state index is 11.8. The molecule has 0 radical (unpaired) electrons. The Morgan fingerprint density at radius 2 is 1.79 bits per heavy atom. The maximum absolute atomic E-state index is 11.8. The van der Waals surface area contributed by atoms with E-state index in [-0.39, 0.29) is 22.6 Å². The highest BCUT2D eigenvalue weighted by Crippen LogP contribution is 2.31. The number of benzene rings is 2. The molecular weight excluding hydrogens is 394 g/mol. The first-order valence-corrected chi connectivity index (χ1v) is 10.2. The minimum absolute atomic E-state index is 0.0626. The number of hydrogen-bond donors (Lipinski definition) is 4. The van der Waals surface area contributed by atoms with Gasteiger partial charge in [-0.05, 0) is 36.2 Å². The summed E-state index contributed by atoms with van der Waals surface area (Å²) in [5, 5.41) is 14.2. The Balaban J connectivity index is 2.51. The average molecular weight is 415 g/mol. The topological polar surface area (TPSA) is 167 Å². The molecule has 9 heteroatoms. The summed E-state index contributed by atoms with van der Waals surface area (Å²) in [4.78, 5) is 22.8. The highest BCUT2D eigenvalue weighted by molar-refractivity contribution is 7.89. The third-order valence-electron chi connectivity index (χ3n) is 4.36. The zero-order chi connectivity index (χ0) is 21.8. The largest absolute Gasteiger partial charge is 0.481 e. The lowest BCUT2D eigenvalue weighted by molar-refractivity contribution is -0.141. The Morgan fingerprint density at radius 1 is 1.17 bits per heavy atom. The maximum Gasteiger partial charge on any atom is 0.307 e. The van der Waals surface area contributed by atoms with Gasteiger partial charge in [0.2, 0.25) is 10.0 Å². The molecule has 2 aromatic carbocycles. The summed E-state index contributed by atoms with van der Waals surface area (Å²) in [5.41, 5.74) is 13.1. The van der Waals surface area contributed by atoms with Gasteiger partial charge in [0, 0.05) is 17.5 Å². The molecule has 0 bridgehead atoms. The number of carboxylic acids is 1. The van der Waals surface area contributed by atoms with Crippen LogP contribution >= 0.6 is 0 Å². The molecule has 152 valence electrons. The fraction of sp³-hybridized carbons (Fsp3) is 0.200. The molecule has 0 spiro atoms. The lowest BCUT2D eigenvalue weighted by Gasteiger charge is -2.11. The number of nitrogen functional groups attached to an aromatic ring is 1. The van der Waals surface area contributed by atoms with E-state index in [2.05, 4.69) is 11.8 Å². The predicted octanol–water partition coefficient (Wildman–Crippen LogP) is 1.53. The van der Waals surface area contributed by atoms with Crippen molar-refractivity contribution in [3.05, 3.63) is 47.5 Å². The molecule has 2 aromatic rings. The minimum Gasteiger partial charge on any atom is -0.481 e. The monoisotopic (exact) mass is 415 g/mol. The molecule has 1 atom stereocenters. The molecule has 0 saturated heterocycles. The highest BCUT2D eigenvalue weighted by atomic mass is 32.2. The molecule has 1 amide bonds. The van der Waals surface area contributed by atoms with Gasteiger partial charge in [0.25, 0.3) is 5.91 Å². The zero-order valence-corrected chi connectivity index (χ0v) is 16.5. The number of anilines is 1. The van der Waals surface area contributed by atoms with Crippen LogP contribution in [0.5, 0.6) is 0 Å². The summed E-state index contributed by atoms with van der Waals surface area (Å²) in [6, 6.07) is 8.73. The van der Waals surface area contributed by atoms with E-state index in [9.17, 15) is 18.0 Å². The van der Waals surface area contributed by atoms with Crippen molar-refractivity contribution in [2.24, 2.45) is 16.8 Å². The van der Waals surface area contributed by atoms with Crippen molar-refractivity contribution in [1.29, 1.82) is 0 Å². The normalized spacial score (nSPS) is 11.9. The molecule has 0 fully saturated rings. The fourth-order valence-electron chi connectivity index (χ4n) is 2.67. The summed E-state index contributed by atoms with van der Waals surface area (Å²) in [7, 11) is -3.85. The predicted molar refractivity (Wildman–Crippen MR) is 109 cm³/mol. The first-order chi connectivity index (χ1) is 13.5. The molecule has 8 nitrogen and oxygen atoms in total. The van der Waals surface area contributed by atoms with Gasteiger partial charge in [0.1, 0.15) is 0 Å². The number of rotatable bonds is 6. The summed E-state index contributed by atoms with van der Waals surface area (Å²) >= 11 is 0. The first kappa shape index (κ1) is 21.9. The molecule has 1 unspecified atom stereocenters. The molecule has 29 heavy (non-hydrogen) atoms. The number of nitrogens with two attached hydrogens (primary N) is 3. The van der Waals surface area contributed by atoms with Crippen LogP contribution < -0.4 is 16.6 Å². The van der Waals surface area contributed by atoms with Crippen LogP contribution in [0.1, 0.15) is 35.7 Å². The van der Waals surface area contributed by atoms with Crippen molar-refractivity contribution in [3.8, 4) is 23.0 Å². The SMILES string of the molecule is CCC(CC#Cc1cc(C(N)=O)c(N)c(-c2ccc(S(N)(=O)=O)cc2)c1)C(=O)O. The number of carbonyl (C=O) groups excluding carboxylic acids is 1. The number of carbonyl (C=O) groups is 2. The molecule has 0 aliphatic rings. The number of aliphatic carboxylic acids is 1. The molecule has 7 N–H and O–H groups in total. The fourth-order valence-corrected chi connectivity index (χ4v) is 3.19. The molecule has 2 rings (SSSR count). The van der Waals surface area contributed by atoms with Crippen LogP contribution in [0.25, 0.3) is 11.1 Å². The second-order valence-electron chi connectivity index (χ2n) is 6.37. The van der Waals surface area contributed by atoms with Crippen LogP contribution in [0.4, 0.5) is 5.69 Å². The van der Waals surface area contributed by atoms with Crippen LogP contribution in [0.2, 0.25) is 0 Å². The number of primary sulfonamides is 1. The molecule has 0 aromatic heterocycles. The Hall–Kier alpha value is -3.35. The Labute approximate surface area is 168 Å². The van der Waals surface area contributed by atoms with E-state index in [0.717, 1.165) is 0 Å². The van der Waals surface area contributed by atoms with Gasteiger partial charge in [-0.25, -0.2) is 13.6 Å². The van der Waals surface area contributed by atoms with E-state index in [0.29, 0.717) is 23.1 Å². The Kier molecular flexibility index (Phi) is 6.64. The number of hydrogen-bond acceptors (Lipinski definition) is 5. The molecule has 0 heterocycles. The Morgan fingerprint density at radius 3 is 2.28 bits per heavy atom. The van der Waals surface area contributed by atoms with Crippen LogP contribution in [0.3, 0.4) is 0 Å².